The van der Waals surface area contributed by atoms with Crippen molar-refractivity contribution in [1.82, 2.24) is 14.9 Å². The van der Waals surface area contributed by atoms with Gasteiger partial charge in [0.15, 0.2) is 0 Å². The molecule has 0 radical (unpaired) electrons. The Labute approximate surface area is 358 Å². The molecule has 2 N–H and O–H groups in total. The van der Waals surface area contributed by atoms with Crippen molar-refractivity contribution < 1.29 is 50.1 Å². The molecule has 5 aromatic carbocycles. The van der Waals surface area contributed by atoms with E-state index in [4.69, 9.17) is 14.2 Å². The number of hydrogen-bond donors (Lipinski definition) is 2. The normalized spacial score (nSPS) is 17.8. The number of piperidine rings is 1. The van der Waals surface area contributed by atoms with Gasteiger partial charge in [-0.25, -0.2) is 17.9 Å². The Hall–Kier alpha value is -5.90. The smallest absolute Gasteiger partial charge is 0.457 e. The zero-order valence-corrected chi connectivity index (χ0v) is 34.7. The quantitative estimate of drug-likeness (QED) is 0.106. The van der Waals surface area contributed by atoms with Gasteiger partial charge in [0.1, 0.15) is 28.8 Å². The molecule has 1 saturated heterocycles. The average molecular weight is 870 g/mol. The van der Waals surface area contributed by atoms with Gasteiger partial charge < -0.3 is 29.2 Å². The predicted octanol–water partition coefficient (Wildman–Crippen LogP) is 8.53. The largest absolute Gasteiger partial charge is 0.573 e. The molecule has 2 heterocycles. The van der Waals surface area contributed by atoms with Crippen molar-refractivity contribution in [3.8, 4) is 28.4 Å². The summed E-state index contributed by atoms with van der Waals surface area (Å²) in [6, 6.07) is 34.4. The molecule has 3 aliphatic rings. The first kappa shape index (κ1) is 42.8. The summed E-state index contributed by atoms with van der Waals surface area (Å²) >= 11 is 0. The third-order valence-electron chi connectivity index (χ3n) is 11.9. The number of sulfonamides is 1. The zero-order valence-electron chi connectivity index (χ0n) is 33.9. The van der Waals surface area contributed by atoms with Crippen LogP contribution in [-0.2, 0) is 29.7 Å². The lowest BCUT2D eigenvalue weighted by atomic mass is 9.69. The molecular weight excluding hydrogens is 824 g/mol. The van der Waals surface area contributed by atoms with Crippen molar-refractivity contribution in [2.45, 2.75) is 54.3 Å². The fraction of sp³-hybridized carbons (Fsp3) is 0.319. The second-order valence-corrected chi connectivity index (χ2v) is 17.5. The minimum atomic E-state index is -5.16. The number of unbranched alkanes of at least 4 members (excludes halogenated alkanes) is 1. The first-order valence-electron chi connectivity index (χ1n) is 20.5. The Balaban J connectivity index is 1.07. The van der Waals surface area contributed by atoms with Crippen LogP contribution in [0.4, 0.5) is 18.0 Å². The number of nitrogens with one attached hydrogen (secondary N) is 2. The summed E-state index contributed by atoms with van der Waals surface area (Å²) in [5.41, 5.74) is 5.13. The molecule has 2 unspecified atom stereocenters. The number of methoxy groups -OCH3 is 1. The van der Waals surface area contributed by atoms with Gasteiger partial charge in [0.05, 0.1) is 5.92 Å². The van der Waals surface area contributed by atoms with Gasteiger partial charge in [0.25, 0.3) is 0 Å². The third-order valence-corrected chi connectivity index (χ3v) is 13.5. The second kappa shape index (κ2) is 17.8. The number of fused-ring (bicyclic) bond motifs is 5. The van der Waals surface area contributed by atoms with Crippen molar-refractivity contribution in [1.29, 1.82) is 0 Å². The minimum Gasteiger partial charge on any atom is -0.457 e. The number of alkyl halides is 3. The third kappa shape index (κ3) is 8.88. The maximum Gasteiger partial charge on any atom is 0.573 e. The number of para-hydroxylation sites is 3. The number of carbonyl (C=O) groups is 2. The highest BCUT2D eigenvalue weighted by Gasteiger charge is 2.44. The summed E-state index contributed by atoms with van der Waals surface area (Å²) < 4.78 is 91.9. The topological polar surface area (TPSA) is 132 Å². The number of rotatable bonds is 14. The second-order valence-electron chi connectivity index (χ2n) is 15.8. The molecule has 0 bridgehead atoms. The van der Waals surface area contributed by atoms with E-state index in [-0.39, 0.29) is 38.6 Å². The summed E-state index contributed by atoms with van der Waals surface area (Å²) in [6.45, 7) is 0.358. The number of carbonyl (C=O) groups excluding carboxylic acids is 2. The van der Waals surface area contributed by atoms with Crippen LogP contribution in [0.2, 0.25) is 0 Å². The molecule has 11 nitrogen and oxygen atoms in total. The fourth-order valence-electron chi connectivity index (χ4n) is 9.14. The van der Waals surface area contributed by atoms with Gasteiger partial charge in [-0.2, -0.15) is 0 Å². The Bertz CT molecular complexity index is 2460. The Morgan fingerprint density at radius 2 is 1.40 bits per heavy atom. The Kier molecular flexibility index (Phi) is 12.3. The molecule has 1 aliphatic carbocycles. The van der Waals surface area contributed by atoms with Crippen molar-refractivity contribution >= 4 is 22.0 Å². The molecule has 0 saturated carbocycles. The highest BCUT2D eigenvalue weighted by Crippen LogP contribution is 2.50. The molecule has 2 atom stereocenters. The van der Waals surface area contributed by atoms with Crippen LogP contribution >= 0.6 is 0 Å². The molecule has 324 valence electrons. The van der Waals surface area contributed by atoms with E-state index in [2.05, 4.69) is 14.8 Å². The van der Waals surface area contributed by atoms with E-state index in [1.807, 2.05) is 97.1 Å². The Morgan fingerprint density at radius 3 is 2.05 bits per heavy atom. The van der Waals surface area contributed by atoms with Gasteiger partial charge in [0.2, 0.25) is 15.9 Å². The fourth-order valence-corrected chi connectivity index (χ4v) is 10.5. The molecule has 0 spiro atoms. The van der Waals surface area contributed by atoms with Gasteiger partial charge in [-0.15, -0.1) is 13.2 Å². The van der Waals surface area contributed by atoms with Crippen LogP contribution in [0, 0.1) is 5.92 Å². The number of likely N-dealkylation sites (tertiary alicyclic amines) is 1. The van der Waals surface area contributed by atoms with Crippen LogP contribution in [-0.4, -0.2) is 77.7 Å². The maximum absolute atomic E-state index is 14.5. The van der Waals surface area contributed by atoms with Crippen LogP contribution in [0.5, 0.6) is 17.2 Å². The highest BCUT2D eigenvalue weighted by atomic mass is 32.2. The monoisotopic (exact) mass is 869 g/mol. The van der Waals surface area contributed by atoms with E-state index in [1.165, 1.54) is 17.0 Å². The number of ether oxygens (including phenoxy) is 4. The molecule has 8 rings (SSSR count). The SMILES string of the molecule is COCCCCC1(CNC(=O)C2CC(NS(=O)(=O)c3ccccc3OC(F)(F)F)CN(C(=O)OCC3c4ccccc4-c4ccccc43)C2)c2ccccc2Oc2ccccc21. The molecule has 2 amide bonds. The van der Waals surface area contributed by atoms with E-state index >= 15 is 0 Å². The molecule has 1 fully saturated rings. The summed E-state index contributed by atoms with van der Waals surface area (Å²) in [6.07, 6.45) is -3.84. The van der Waals surface area contributed by atoms with Gasteiger partial charge >= 0.3 is 12.5 Å². The molecule has 2 aliphatic heterocycles. The van der Waals surface area contributed by atoms with Gasteiger partial charge in [-0.05, 0) is 72.2 Å². The standard InChI is InChI=1S/C47H46F3N3O8S/c1-58-25-13-12-24-46(38-18-6-8-20-40(38)60-41-21-9-7-19-39(41)46)30-51-44(54)31-26-32(52-62(56,57)43-23-11-10-22-42(43)61-47(48,49)50)28-53(27-31)45(55)59-29-37-35-16-4-2-14-33(35)34-15-3-5-17-36(34)37/h2-11,14-23,31-32,37,52H,12-13,24-30H2,1H3,(H,51,54). The van der Waals surface area contributed by atoms with Crippen LogP contribution < -0.4 is 19.5 Å². The first-order chi connectivity index (χ1) is 29.9. The lowest BCUT2D eigenvalue weighted by molar-refractivity contribution is -0.275. The van der Waals surface area contributed by atoms with E-state index in [1.54, 1.807) is 7.11 Å². The highest BCUT2D eigenvalue weighted by molar-refractivity contribution is 7.89. The van der Waals surface area contributed by atoms with Crippen molar-refractivity contribution in [2.75, 3.05) is 40.0 Å². The van der Waals surface area contributed by atoms with E-state index < -0.39 is 56.4 Å². The Morgan fingerprint density at radius 1 is 0.806 bits per heavy atom. The number of hydrogen-bond acceptors (Lipinski definition) is 8. The maximum atomic E-state index is 14.5. The minimum absolute atomic E-state index is 0.0226. The lowest BCUT2D eigenvalue weighted by Crippen LogP contribution is -2.56. The number of amides is 2. The van der Waals surface area contributed by atoms with Crippen molar-refractivity contribution in [3.05, 3.63) is 144 Å². The average Bonchev–Trinajstić information content (AvgIpc) is 3.58. The van der Waals surface area contributed by atoms with E-state index in [0.29, 0.717) is 24.5 Å². The molecule has 5 aromatic rings. The van der Waals surface area contributed by atoms with Crippen molar-refractivity contribution in [3.63, 3.8) is 0 Å². The van der Waals surface area contributed by atoms with Gasteiger partial charge in [0, 0.05) is 61.9 Å². The molecule has 62 heavy (non-hydrogen) atoms. The number of nitrogens with zero attached hydrogens (tertiary/aromatic N) is 1. The number of benzene rings is 5. The zero-order chi connectivity index (χ0) is 43.5. The number of halogens is 3. The lowest BCUT2D eigenvalue weighted by Gasteiger charge is -2.41. The summed E-state index contributed by atoms with van der Waals surface area (Å²) in [5, 5.41) is 3.17. The summed E-state index contributed by atoms with van der Waals surface area (Å²) in [4.78, 5) is 29.1. The predicted molar refractivity (Wildman–Crippen MR) is 224 cm³/mol. The van der Waals surface area contributed by atoms with Crippen LogP contribution in [0.3, 0.4) is 0 Å². The van der Waals surface area contributed by atoms with Crippen molar-refractivity contribution in [2.24, 2.45) is 5.92 Å². The summed E-state index contributed by atoms with van der Waals surface area (Å²) in [7, 11) is -3.04. The van der Waals surface area contributed by atoms with Gasteiger partial charge in [-0.3, -0.25) is 4.79 Å². The van der Waals surface area contributed by atoms with Gasteiger partial charge in [-0.1, -0.05) is 97.1 Å². The van der Waals surface area contributed by atoms with Crippen LogP contribution in [0.1, 0.15) is 53.9 Å². The van der Waals surface area contributed by atoms with E-state index in [0.717, 1.165) is 58.4 Å². The van der Waals surface area contributed by atoms with Crippen LogP contribution in [0.25, 0.3) is 11.1 Å². The van der Waals surface area contributed by atoms with E-state index in [9.17, 15) is 31.2 Å². The molecular formula is C47H46F3N3O8S. The van der Waals surface area contributed by atoms with Crippen LogP contribution in [0.15, 0.2) is 126 Å². The summed E-state index contributed by atoms with van der Waals surface area (Å²) in [5.74, 6) is -1.25. The first-order valence-corrected chi connectivity index (χ1v) is 22.0. The molecule has 15 heteroatoms. The molecule has 0 aromatic heterocycles.